The first kappa shape index (κ1) is 18.7. The summed E-state index contributed by atoms with van der Waals surface area (Å²) in [6, 6.07) is 0.0253. The van der Waals surface area contributed by atoms with Crippen LogP contribution in [0.15, 0.2) is 6.07 Å². The fourth-order valence-electron chi connectivity index (χ4n) is 1.38. The topological polar surface area (TPSA) is 87.6 Å². The molecule has 1 aromatic rings. The fourth-order valence-corrected chi connectivity index (χ4v) is 1.38. The number of aromatic nitrogens is 2. The van der Waals surface area contributed by atoms with Gasteiger partial charge >= 0.3 is 18.2 Å². The Bertz CT molecular complexity index is 563. The summed E-state index contributed by atoms with van der Waals surface area (Å²) < 4.78 is 52.8. The summed E-state index contributed by atoms with van der Waals surface area (Å²) in [6.45, 7) is 2.65. The van der Waals surface area contributed by atoms with Crippen LogP contribution in [0.3, 0.4) is 0 Å². The van der Waals surface area contributed by atoms with Crippen LogP contribution in [0, 0.1) is 5.92 Å². The lowest BCUT2D eigenvalue weighted by atomic mass is 10.2. The minimum atomic E-state index is -4.73. The minimum Gasteiger partial charge on any atom is -0.476 e. The molecular formula is C13H15F3N2O5. The van der Waals surface area contributed by atoms with Crippen molar-refractivity contribution >= 4 is 12.3 Å². The molecule has 1 rings (SSSR count). The van der Waals surface area contributed by atoms with Gasteiger partial charge in [-0.3, -0.25) is 4.79 Å². The summed E-state index contributed by atoms with van der Waals surface area (Å²) in [5, 5.41) is 0. The van der Waals surface area contributed by atoms with Gasteiger partial charge in [-0.2, -0.15) is 23.1 Å². The molecule has 10 heteroatoms. The molecule has 0 spiro atoms. The van der Waals surface area contributed by atoms with Crippen LogP contribution in [-0.2, 0) is 20.5 Å². The molecule has 0 aliphatic heterocycles. The van der Waals surface area contributed by atoms with Crippen LogP contribution in [0.1, 0.15) is 19.5 Å². The van der Waals surface area contributed by atoms with Crippen LogP contribution >= 0.6 is 0 Å². The van der Waals surface area contributed by atoms with Gasteiger partial charge in [0.25, 0.3) is 0 Å². The highest BCUT2D eigenvalue weighted by molar-refractivity contribution is 5.87. The monoisotopic (exact) mass is 336 g/mol. The average Bonchev–Trinajstić information content (AvgIpc) is 2.45. The molecule has 0 bridgehead atoms. The Balaban J connectivity index is 3.00. The predicted molar refractivity (Wildman–Crippen MR) is 69.9 cm³/mol. The molecule has 0 aliphatic rings. The highest BCUT2D eigenvalue weighted by Gasteiger charge is 2.34. The molecule has 0 fully saturated rings. The number of ether oxygens (including phenoxy) is 3. The lowest BCUT2D eigenvalue weighted by Crippen LogP contribution is -2.25. The van der Waals surface area contributed by atoms with Crippen LogP contribution < -0.4 is 9.47 Å². The van der Waals surface area contributed by atoms with E-state index in [4.69, 9.17) is 9.47 Å². The van der Waals surface area contributed by atoms with Gasteiger partial charge in [0.2, 0.25) is 5.88 Å². The van der Waals surface area contributed by atoms with E-state index in [9.17, 15) is 22.8 Å². The van der Waals surface area contributed by atoms with Crippen molar-refractivity contribution in [2.24, 2.45) is 5.92 Å². The van der Waals surface area contributed by atoms with Gasteiger partial charge in [0.15, 0.2) is 5.69 Å². The van der Waals surface area contributed by atoms with Gasteiger partial charge in [0, 0.05) is 6.07 Å². The van der Waals surface area contributed by atoms with Crippen molar-refractivity contribution in [2.45, 2.75) is 26.1 Å². The number of rotatable bonds is 7. The summed E-state index contributed by atoms with van der Waals surface area (Å²) in [6.07, 6.45) is -4.92. The fraction of sp³-hybridized carbons (Fsp3) is 0.538. The zero-order chi connectivity index (χ0) is 17.6. The Morgan fingerprint density at radius 1 is 1.35 bits per heavy atom. The molecule has 0 aromatic carbocycles. The molecule has 0 amide bonds. The number of hydrogen-bond acceptors (Lipinski definition) is 7. The molecular weight excluding hydrogens is 321 g/mol. The number of hydrogen-bond donors (Lipinski definition) is 0. The molecule has 0 aliphatic carbocycles. The second kappa shape index (κ2) is 7.75. The van der Waals surface area contributed by atoms with Crippen LogP contribution in [-0.4, -0.2) is 42.0 Å². The Kier molecular flexibility index (Phi) is 6.28. The van der Waals surface area contributed by atoms with Crippen molar-refractivity contribution in [3.05, 3.63) is 11.8 Å². The summed E-state index contributed by atoms with van der Waals surface area (Å²) >= 11 is 0. The van der Waals surface area contributed by atoms with Gasteiger partial charge in [-0.1, -0.05) is 0 Å². The second-order valence-corrected chi connectivity index (χ2v) is 4.62. The summed E-state index contributed by atoms with van der Waals surface area (Å²) in [7, 11) is 1.07. The quantitative estimate of drug-likeness (QED) is 0.425. The zero-order valence-electron chi connectivity index (χ0n) is 12.6. The van der Waals surface area contributed by atoms with Crippen molar-refractivity contribution in [1.82, 2.24) is 9.97 Å². The lowest BCUT2D eigenvalue weighted by molar-refractivity contribution is -0.148. The van der Waals surface area contributed by atoms with Crippen molar-refractivity contribution in [3.63, 3.8) is 0 Å². The summed E-state index contributed by atoms with van der Waals surface area (Å²) in [5.41, 5.74) is -1.26. The van der Waals surface area contributed by atoms with Gasteiger partial charge in [-0.25, -0.2) is 0 Å². The number of carbonyl (C=O) groups is 2. The number of esters is 1. The third kappa shape index (κ3) is 5.72. The number of halogens is 3. The first-order valence-corrected chi connectivity index (χ1v) is 6.46. The maximum absolute atomic E-state index is 12.8. The lowest BCUT2D eigenvalue weighted by Gasteiger charge is -2.14. The van der Waals surface area contributed by atoms with Crippen molar-refractivity contribution in [3.8, 4) is 11.9 Å². The minimum absolute atomic E-state index is 0.267. The molecule has 7 nitrogen and oxygen atoms in total. The van der Waals surface area contributed by atoms with Gasteiger partial charge < -0.3 is 19.0 Å². The normalized spacial score (nSPS) is 12.7. The van der Waals surface area contributed by atoms with Crippen LogP contribution in [0.4, 0.5) is 13.2 Å². The van der Waals surface area contributed by atoms with Crippen molar-refractivity contribution in [1.29, 1.82) is 0 Å². The Morgan fingerprint density at radius 3 is 2.48 bits per heavy atom. The molecule has 0 radical (unpaired) electrons. The number of alkyl halides is 3. The Morgan fingerprint density at radius 2 is 2.00 bits per heavy atom. The number of aldehydes is 1. The second-order valence-electron chi connectivity index (χ2n) is 4.62. The van der Waals surface area contributed by atoms with E-state index in [1.54, 1.807) is 13.8 Å². The van der Waals surface area contributed by atoms with Crippen LogP contribution in [0.5, 0.6) is 11.9 Å². The van der Waals surface area contributed by atoms with E-state index >= 15 is 0 Å². The molecule has 1 unspecified atom stereocenters. The largest absolute Gasteiger partial charge is 0.476 e. The SMILES string of the molecule is COC(=O)C(C=O)COc1cc(C(F)(F)F)nc(OC(C)C)n1. The molecule has 0 N–H and O–H groups in total. The molecule has 0 saturated heterocycles. The molecule has 0 saturated carbocycles. The molecule has 1 heterocycles. The van der Waals surface area contributed by atoms with Crippen LogP contribution in [0.2, 0.25) is 0 Å². The van der Waals surface area contributed by atoms with Crippen molar-refractivity contribution < 1.29 is 37.0 Å². The number of carbonyl (C=O) groups excluding carboxylic acids is 2. The first-order valence-electron chi connectivity index (χ1n) is 6.46. The van der Waals surface area contributed by atoms with E-state index in [0.29, 0.717) is 6.07 Å². The predicted octanol–water partition coefficient (Wildman–Crippen LogP) is 1.65. The van der Waals surface area contributed by atoms with E-state index in [1.165, 1.54) is 0 Å². The summed E-state index contributed by atoms with van der Waals surface area (Å²) in [5.74, 6) is -2.62. The summed E-state index contributed by atoms with van der Waals surface area (Å²) in [4.78, 5) is 28.9. The Labute approximate surface area is 129 Å². The molecule has 128 valence electrons. The van der Waals surface area contributed by atoms with Gasteiger partial charge in [0.1, 0.15) is 18.8 Å². The van der Waals surface area contributed by atoms with Gasteiger partial charge in [-0.05, 0) is 13.8 Å². The zero-order valence-corrected chi connectivity index (χ0v) is 12.6. The van der Waals surface area contributed by atoms with E-state index in [1.807, 2.05) is 0 Å². The van der Waals surface area contributed by atoms with Gasteiger partial charge in [-0.15, -0.1) is 0 Å². The highest BCUT2D eigenvalue weighted by Crippen LogP contribution is 2.31. The van der Waals surface area contributed by atoms with Crippen LogP contribution in [0.25, 0.3) is 0 Å². The maximum Gasteiger partial charge on any atom is 0.433 e. The number of methoxy groups -OCH3 is 1. The maximum atomic E-state index is 12.8. The van der Waals surface area contributed by atoms with Gasteiger partial charge in [0.05, 0.1) is 13.2 Å². The van der Waals surface area contributed by atoms with E-state index in [2.05, 4.69) is 14.7 Å². The highest BCUT2D eigenvalue weighted by atomic mass is 19.4. The molecule has 23 heavy (non-hydrogen) atoms. The molecule has 1 aromatic heterocycles. The van der Waals surface area contributed by atoms with E-state index < -0.39 is 48.4 Å². The number of nitrogens with zero attached hydrogens (tertiary/aromatic N) is 2. The third-order valence-corrected chi connectivity index (χ3v) is 2.39. The Hall–Kier alpha value is -2.39. The van der Waals surface area contributed by atoms with E-state index in [-0.39, 0.29) is 6.29 Å². The van der Waals surface area contributed by atoms with Crippen molar-refractivity contribution in [2.75, 3.05) is 13.7 Å². The molecule has 1 atom stereocenters. The standard InChI is InChI=1S/C13H15F3N2O5/c1-7(2)23-12-17-9(13(14,15)16)4-10(18-12)22-6-8(5-19)11(20)21-3/h4-5,7-8H,6H2,1-3H3. The average molecular weight is 336 g/mol. The first-order chi connectivity index (χ1) is 10.7. The third-order valence-electron chi connectivity index (χ3n) is 2.39. The smallest absolute Gasteiger partial charge is 0.433 e. The van der Waals surface area contributed by atoms with E-state index in [0.717, 1.165) is 7.11 Å².